The Balaban J connectivity index is 2.65. The molecule has 0 saturated heterocycles. The van der Waals surface area contributed by atoms with Crippen molar-refractivity contribution in [2.75, 3.05) is 7.05 Å². The van der Waals surface area contributed by atoms with Crippen LogP contribution in [-0.4, -0.2) is 24.2 Å². The predicted octanol–water partition coefficient (Wildman–Crippen LogP) is 0.935. The number of allylic oxidation sites excluding steroid dienone is 3. The average Bonchev–Trinajstić information content (AvgIpc) is 2.07. The second-order valence-electron chi connectivity index (χ2n) is 2.75. The minimum absolute atomic E-state index is 0.519. The molecule has 0 radical (unpaired) electrons. The Morgan fingerprint density at radius 3 is 2.83 bits per heavy atom. The van der Waals surface area contributed by atoms with Crippen molar-refractivity contribution in [3.63, 3.8) is 0 Å². The molecule has 0 aromatic heterocycles. The highest BCUT2D eigenvalue weighted by Crippen LogP contribution is 2.14. The second-order valence-corrected chi connectivity index (χ2v) is 2.75. The molecule has 0 aromatic carbocycles. The van der Waals surface area contributed by atoms with Crippen LogP contribution < -0.4 is 5.32 Å². The van der Waals surface area contributed by atoms with Crippen LogP contribution in [0.1, 0.15) is 12.8 Å². The number of likely N-dealkylation sites (N-methyl/N-ethyl adjacent to an activating group) is 1. The van der Waals surface area contributed by atoms with E-state index in [0.29, 0.717) is 0 Å². The third kappa shape index (κ3) is 1.95. The number of carbonyl (C=O) groups is 1. The van der Waals surface area contributed by atoms with E-state index in [1.165, 1.54) is 0 Å². The molecule has 0 unspecified atom stereocenters. The number of carboxylic acid groups (broad SMARTS) is 1. The first-order chi connectivity index (χ1) is 5.75. The van der Waals surface area contributed by atoms with Crippen molar-refractivity contribution >= 4 is 5.97 Å². The van der Waals surface area contributed by atoms with Crippen molar-refractivity contribution in [2.24, 2.45) is 0 Å². The van der Waals surface area contributed by atoms with E-state index in [1.54, 1.807) is 7.05 Å². The number of hydrogen-bond donors (Lipinski definition) is 2. The Kier molecular flexibility index (Phi) is 3.05. The van der Waals surface area contributed by atoms with E-state index in [0.717, 1.165) is 18.4 Å². The van der Waals surface area contributed by atoms with Crippen LogP contribution in [0.2, 0.25) is 0 Å². The van der Waals surface area contributed by atoms with E-state index < -0.39 is 12.0 Å². The standard InChI is InChI=1S/C9H13NO2/c1-10-8(9(11)12)7-5-3-2-4-6-7/h2-3,6,8,10H,4-5H2,1H3,(H,11,12)/t8-/m1/s1. The Morgan fingerprint density at radius 1 is 1.67 bits per heavy atom. The Bertz CT molecular complexity index is 231. The molecule has 1 aliphatic carbocycles. The minimum atomic E-state index is -0.806. The van der Waals surface area contributed by atoms with Crippen molar-refractivity contribution in [3.05, 3.63) is 23.8 Å². The highest BCUT2D eigenvalue weighted by atomic mass is 16.4. The fourth-order valence-corrected chi connectivity index (χ4v) is 1.32. The molecule has 0 aromatic rings. The first-order valence-electron chi connectivity index (χ1n) is 3.99. The first kappa shape index (κ1) is 9.00. The van der Waals surface area contributed by atoms with Gasteiger partial charge in [-0.25, -0.2) is 0 Å². The highest BCUT2D eigenvalue weighted by Gasteiger charge is 2.19. The van der Waals surface area contributed by atoms with Crippen LogP contribution in [0.5, 0.6) is 0 Å². The summed E-state index contributed by atoms with van der Waals surface area (Å²) in [6.45, 7) is 0. The number of hydrogen-bond acceptors (Lipinski definition) is 2. The maximum absolute atomic E-state index is 10.7. The largest absolute Gasteiger partial charge is 0.480 e. The lowest BCUT2D eigenvalue weighted by Gasteiger charge is -2.16. The molecule has 0 heterocycles. The number of aliphatic carboxylic acids is 1. The monoisotopic (exact) mass is 167 g/mol. The van der Waals surface area contributed by atoms with Gasteiger partial charge in [0, 0.05) is 0 Å². The first-order valence-corrected chi connectivity index (χ1v) is 3.99. The van der Waals surface area contributed by atoms with Crippen LogP contribution in [0, 0.1) is 0 Å². The summed E-state index contributed by atoms with van der Waals surface area (Å²) in [5, 5.41) is 11.6. The summed E-state index contributed by atoms with van der Waals surface area (Å²) in [6.07, 6.45) is 7.61. The zero-order chi connectivity index (χ0) is 8.97. The van der Waals surface area contributed by atoms with Gasteiger partial charge in [0.2, 0.25) is 0 Å². The van der Waals surface area contributed by atoms with Crippen LogP contribution in [-0.2, 0) is 4.79 Å². The van der Waals surface area contributed by atoms with Gasteiger partial charge in [0.25, 0.3) is 0 Å². The van der Waals surface area contributed by atoms with E-state index in [2.05, 4.69) is 5.32 Å². The molecule has 1 rings (SSSR count). The predicted molar refractivity (Wildman–Crippen MR) is 46.9 cm³/mol. The maximum Gasteiger partial charge on any atom is 0.325 e. The summed E-state index contributed by atoms with van der Waals surface area (Å²) >= 11 is 0. The summed E-state index contributed by atoms with van der Waals surface area (Å²) < 4.78 is 0. The SMILES string of the molecule is CN[C@@H](C(=O)O)C1=CCC=CC1. The summed E-state index contributed by atoms with van der Waals surface area (Å²) in [5.74, 6) is -0.806. The molecule has 1 atom stereocenters. The fraction of sp³-hybridized carbons (Fsp3) is 0.444. The van der Waals surface area contributed by atoms with Crippen LogP contribution in [0.15, 0.2) is 23.8 Å². The van der Waals surface area contributed by atoms with Gasteiger partial charge in [-0.1, -0.05) is 18.2 Å². The molecule has 66 valence electrons. The third-order valence-corrected chi connectivity index (χ3v) is 1.94. The van der Waals surface area contributed by atoms with Crippen molar-refractivity contribution in [2.45, 2.75) is 18.9 Å². The highest BCUT2D eigenvalue weighted by molar-refractivity contribution is 5.77. The average molecular weight is 167 g/mol. The lowest BCUT2D eigenvalue weighted by molar-refractivity contribution is -0.138. The van der Waals surface area contributed by atoms with Crippen molar-refractivity contribution in [1.29, 1.82) is 0 Å². The zero-order valence-corrected chi connectivity index (χ0v) is 7.08. The lowest BCUT2D eigenvalue weighted by atomic mass is 9.99. The van der Waals surface area contributed by atoms with Gasteiger partial charge in [-0.05, 0) is 25.5 Å². The molecule has 0 aliphatic heterocycles. The molecule has 0 spiro atoms. The van der Waals surface area contributed by atoms with Gasteiger partial charge in [-0.3, -0.25) is 4.79 Å². The molecular weight excluding hydrogens is 154 g/mol. The molecule has 2 N–H and O–H groups in total. The van der Waals surface area contributed by atoms with Crippen molar-refractivity contribution in [1.82, 2.24) is 5.32 Å². The molecule has 0 amide bonds. The van der Waals surface area contributed by atoms with Crippen LogP contribution in [0.3, 0.4) is 0 Å². The van der Waals surface area contributed by atoms with Crippen LogP contribution in [0.25, 0.3) is 0 Å². The number of carboxylic acids is 1. The van der Waals surface area contributed by atoms with Crippen LogP contribution >= 0.6 is 0 Å². The quantitative estimate of drug-likeness (QED) is 0.615. The molecule has 3 nitrogen and oxygen atoms in total. The number of rotatable bonds is 3. The molecule has 1 aliphatic rings. The van der Waals surface area contributed by atoms with E-state index in [9.17, 15) is 4.79 Å². The Labute approximate surface area is 71.8 Å². The van der Waals surface area contributed by atoms with Crippen molar-refractivity contribution in [3.8, 4) is 0 Å². The smallest absolute Gasteiger partial charge is 0.325 e. The van der Waals surface area contributed by atoms with Gasteiger partial charge in [0.05, 0.1) is 0 Å². The van der Waals surface area contributed by atoms with E-state index >= 15 is 0 Å². The molecule has 12 heavy (non-hydrogen) atoms. The van der Waals surface area contributed by atoms with E-state index in [-0.39, 0.29) is 0 Å². The fourth-order valence-electron chi connectivity index (χ4n) is 1.32. The zero-order valence-electron chi connectivity index (χ0n) is 7.08. The molecule has 0 bridgehead atoms. The normalized spacial score (nSPS) is 18.6. The summed E-state index contributed by atoms with van der Waals surface area (Å²) in [7, 11) is 1.66. The Morgan fingerprint density at radius 2 is 2.42 bits per heavy atom. The summed E-state index contributed by atoms with van der Waals surface area (Å²) in [6, 6.07) is -0.519. The van der Waals surface area contributed by atoms with Crippen LogP contribution in [0.4, 0.5) is 0 Å². The minimum Gasteiger partial charge on any atom is -0.480 e. The number of nitrogens with one attached hydrogen (secondary N) is 1. The van der Waals surface area contributed by atoms with Crippen molar-refractivity contribution < 1.29 is 9.90 Å². The van der Waals surface area contributed by atoms with E-state index in [1.807, 2.05) is 18.2 Å². The topological polar surface area (TPSA) is 49.3 Å². The van der Waals surface area contributed by atoms with Gasteiger partial charge in [-0.2, -0.15) is 0 Å². The van der Waals surface area contributed by atoms with E-state index in [4.69, 9.17) is 5.11 Å². The summed E-state index contributed by atoms with van der Waals surface area (Å²) in [5.41, 5.74) is 0.951. The van der Waals surface area contributed by atoms with Gasteiger partial charge in [0.1, 0.15) is 6.04 Å². The van der Waals surface area contributed by atoms with Gasteiger partial charge < -0.3 is 10.4 Å². The molecule has 3 heteroatoms. The third-order valence-electron chi connectivity index (χ3n) is 1.94. The maximum atomic E-state index is 10.7. The Hall–Kier alpha value is -1.09. The molecular formula is C9H13NO2. The second kappa shape index (κ2) is 4.07. The van der Waals surface area contributed by atoms with Gasteiger partial charge in [-0.15, -0.1) is 0 Å². The summed E-state index contributed by atoms with van der Waals surface area (Å²) in [4.78, 5) is 10.7. The van der Waals surface area contributed by atoms with Gasteiger partial charge >= 0.3 is 5.97 Å². The molecule has 0 fully saturated rings. The lowest BCUT2D eigenvalue weighted by Crippen LogP contribution is -2.35. The molecule has 0 saturated carbocycles. The van der Waals surface area contributed by atoms with Gasteiger partial charge in [0.15, 0.2) is 0 Å².